The van der Waals surface area contributed by atoms with E-state index in [9.17, 15) is 14.4 Å². The van der Waals surface area contributed by atoms with E-state index in [4.69, 9.17) is 0 Å². The van der Waals surface area contributed by atoms with Crippen LogP contribution in [-0.2, 0) is 11.3 Å². The molecule has 0 aliphatic heterocycles. The van der Waals surface area contributed by atoms with Crippen molar-refractivity contribution < 1.29 is 9.59 Å². The van der Waals surface area contributed by atoms with Crippen LogP contribution in [0.5, 0.6) is 0 Å². The van der Waals surface area contributed by atoms with E-state index in [-0.39, 0.29) is 11.3 Å². The number of aromatic nitrogens is 2. The Labute approximate surface area is 165 Å². The zero-order valence-electron chi connectivity index (χ0n) is 15.6. The fourth-order valence-electron chi connectivity index (χ4n) is 2.69. The van der Waals surface area contributed by atoms with Crippen LogP contribution < -0.4 is 16.4 Å². The van der Waals surface area contributed by atoms with E-state index >= 15 is 0 Å². The van der Waals surface area contributed by atoms with Crippen molar-refractivity contribution in [3.05, 3.63) is 68.3 Å². The third-order valence-electron chi connectivity index (χ3n) is 3.98. The van der Waals surface area contributed by atoms with Gasteiger partial charge in [0.2, 0.25) is 0 Å². The van der Waals surface area contributed by atoms with Crippen LogP contribution in [-0.4, -0.2) is 21.6 Å². The molecule has 0 atom stereocenters. The van der Waals surface area contributed by atoms with Gasteiger partial charge in [-0.3, -0.25) is 25.2 Å². The van der Waals surface area contributed by atoms with E-state index in [2.05, 4.69) is 16.0 Å². The third-order valence-corrected chi connectivity index (χ3v) is 4.94. The predicted octanol–water partition coefficient (Wildman–Crippen LogP) is 2.65. The van der Waals surface area contributed by atoms with Gasteiger partial charge in [0.25, 0.3) is 17.4 Å². The number of hydrogen-bond donors (Lipinski definition) is 2. The van der Waals surface area contributed by atoms with Gasteiger partial charge >= 0.3 is 0 Å². The molecule has 2 N–H and O–H groups in total. The Bertz CT molecular complexity index is 1110. The number of benzene rings is 1. The molecule has 0 aliphatic carbocycles. The average Bonchev–Trinajstić information content (AvgIpc) is 3.12. The van der Waals surface area contributed by atoms with Gasteiger partial charge in [-0.1, -0.05) is 25.1 Å². The molecule has 0 aliphatic rings. The van der Waals surface area contributed by atoms with Crippen LogP contribution in [0.15, 0.2) is 47.3 Å². The number of fused-ring (bicyclic) bond motifs is 1. The molecule has 0 radical (unpaired) electrons. The second kappa shape index (κ2) is 8.62. The number of carbonyl (C=O) groups excluding carboxylic acids is 2. The lowest BCUT2D eigenvalue weighted by molar-refractivity contribution is -0.117. The smallest absolute Gasteiger partial charge is 0.268 e. The van der Waals surface area contributed by atoms with Crippen molar-refractivity contribution in [3.8, 4) is 0 Å². The fraction of sp³-hybridized carbons (Fsp3) is 0.200. The summed E-state index contributed by atoms with van der Waals surface area (Å²) in [5.41, 5.74) is 4.54. The van der Waals surface area contributed by atoms with Gasteiger partial charge in [0.05, 0.1) is 5.39 Å². The number of rotatable bonds is 5. The summed E-state index contributed by atoms with van der Waals surface area (Å²) in [5.74, 6) is -1.06. The van der Waals surface area contributed by atoms with E-state index in [1.165, 1.54) is 10.8 Å². The van der Waals surface area contributed by atoms with Gasteiger partial charge in [0.15, 0.2) is 5.69 Å². The molecule has 2 aromatic heterocycles. The van der Waals surface area contributed by atoms with E-state index in [1.54, 1.807) is 41.7 Å². The minimum Gasteiger partial charge on any atom is -0.268 e. The zero-order valence-corrected chi connectivity index (χ0v) is 16.4. The summed E-state index contributed by atoms with van der Waals surface area (Å²) in [4.78, 5) is 39.1. The molecule has 0 bridgehead atoms. The standard InChI is InChI=1S/C20H20N4O3S/c1-3-12-24-20(27)16-7-5-4-6-15(16)18(23-24)19(26)22-21-17(25)11-10-14-9-8-13(2)28-14/h4-11H,3,12H2,1-2H3,(H,21,25)(H,22,26). The Kier molecular flexibility index (Phi) is 6.00. The SMILES string of the molecule is CCCn1nc(C(=O)NNC(=O)C=Cc2ccc(C)s2)c2ccccc2c1=O. The summed E-state index contributed by atoms with van der Waals surface area (Å²) in [6.07, 6.45) is 3.72. The Hall–Kier alpha value is -3.26. The van der Waals surface area contributed by atoms with Crippen molar-refractivity contribution in [2.45, 2.75) is 26.8 Å². The summed E-state index contributed by atoms with van der Waals surface area (Å²) in [7, 11) is 0. The molecular weight excluding hydrogens is 376 g/mol. The van der Waals surface area contributed by atoms with Gasteiger partial charge in [0, 0.05) is 27.8 Å². The average molecular weight is 396 g/mol. The Morgan fingerprint density at radius 1 is 1.14 bits per heavy atom. The maximum atomic E-state index is 12.6. The summed E-state index contributed by atoms with van der Waals surface area (Å²) < 4.78 is 1.28. The lowest BCUT2D eigenvalue weighted by Crippen LogP contribution is -2.42. The van der Waals surface area contributed by atoms with Crippen molar-refractivity contribution in [1.29, 1.82) is 0 Å². The molecule has 0 saturated heterocycles. The van der Waals surface area contributed by atoms with E-state index in [0.29, 0.717) is 23.7 Å². The second-order valence-electron chi connectivity index (χ2n) is 6.15. The zero-order chi connectivity index (χ0) is 20.1. The monoisotopic (exact) mass is 396 g/mol. The van der Waals surface area contributed by atoms with Crippen LogP contribution in [0.3, 0.4) is 0 Å². The highest BCUT2D eigenvalue weighted by Crippen LogP contribution is 2.16. The largest absolute Gasteiger partial charge is 0.290 e. The highest BCUT2D eigenvalue weighted by molar-refractivity contribution is 7.12. The van der Waals surface area contributed by atoms with E-state index in [0.717, 1.165) is 9.75 Å². The van der Waals surface area contributed by atoms with Gasteiger partial charge in [-0.15, -0.1) is 11.3 Å². The van der Waals surface area contributed by atoms with Crippen LogP contribution in [0.1, 0.15) is 33.6 Å². The molecular formula is C20H20N4O3S. The number of thiophene rings is 1. The molecule has 0 saturated carbocycles. The van der Waals surface area contributed by atoms with Gasteiger partial charge < -0.3 is 0 Å². The van der Waals surface area contributed by atoms with Crippen molar-refractivity contribution in [2.75, 3.05) is 0 Å². The maximum absolute atomic E-state index is 12.6. The van der Waals surface area contributed by atoms with Gasteiger partial charge in [-0.2, -0.15) is 5.10 Å². The van der Waals surface area contributed by atoms with Crippen molar-refractivity contribution >= 4 is 40.0 Å². The molecule has 28 heavy (non-hydrogen) atoms. The molecule has 0 fully saturated rings. The molecule has 2 heterocycles. The molecule has 2 amide bonds. The molecule has 0 unspecified atom stereocenters. The van der Waals surface area contributed by atoms with Crippen molar-refractivity contribution in [3.63, 3.8) is 0 Å². The number of nitrogens with zero attached hydrogens (tertiary/aromatic N) is 2. The predicted molar refractivity (Wildman–Crippen MR) is 110 cm³/mol. The minimum atomic E-state index is -0.588. The number of hydrazine groups is 1. The summed E-state index contributed by atoms with van der Waals surface area (Å²) >= 11 is 1.56. The number of carbonyl (C=O) groups is 2. The normalized spacial score (nSPS) is 11.1. The third kappa shape index (κ3) is 4.34. The van der Waals surface area contributed by atoms with Crippen molar-refractivity contribution in [1.82, 2.24) is 20.6 Å². The molecule has 0 spiro atoms. The number of amides is 2. The Morgan fingerprint density at radius 3 is 2.57 bits per heavy atom. The Balaban J connectivity index is 1.77. The summed E-state index contributed by atoms with van der Waals surface area (Å²) in [6, 6.07) is 10.7. The van der Waals surface area contributed by atoms with Crippen LogP contribution in [0, 0.1) is 6.92 Å². The van der Waals surface area contributed by atoms with Crippen LogP contribution in [0.25, 0.3) is 16.8 Å². The van der Waals surface area contributed by atoms with E-state index in [1.807, 2.05) is 26.0 Å². The first-order valence-corrected chi connectivity index (χ1v) is 9.66. The topological polar surface area (TPSA) is 93.1 Å². The van der Waals surface area contributed by atoms with Crippen LogP contribution in [0.4, 0.5) is 0 Å². The van der Waals surface area contributed by atoms with Gasteiger partial charge in [0.1, 0.15) is 0 Å². The quantitative estimate of drug-likeness (QED) is 0.512. The van der Waals surface area contributed by atoms with E-state index < -0.39 is 11.8 Å². The number of aryl methyl sites for hydroxylation is 2. The van der Waals surface area contributed by atoms with Crippen molar-refractivity contribution in [2.24, 2.45) is 0 Å². The first-order chi connectivity index (χ1) is 13.5. The molecule has 3 aromatic rings. The molecule has 1 aromatic carbocycles. The van der Waals surface area contributed by atoms with Gasteiger partial charge in [-0.25, -0.2) is 4.68 Å². The summed E-state index contributed by atoms with van der Waals surface area (Å²) in [6.45, 7) is 4.31. The van der Waals surface area contributed by atoms with Gasteiger partial charge in [-0.05, 0) is 37.6 Å². The fourth-order valence-corrected chi connectivity index (χ4v) is 3.47. The lowest BCUT2D eigenvalue weighted by Gasteiger charge is -2.10. The Morgan fingerprint density at radius 2 is 1.89 bits per heavy atom. The van der Waals surface area contributed by atoms with Crippen LogP contribution >= 0.6 is 11.3 Å². The second-order valence-corrected chi connectivity index (χ2v) is 7.47. The highest BCUT2D eigenvalue weighted by atomic mass is 32.1. The minimum absolute atomic E-state index is 0.0850. The number of nitrogens with one attached hydrogen (secondary N) is 2. The molecule has 3 rings (SSSR count). The first-order valence-electron chi connectivity index (χ1n) is 8.84. The van der Waals surface area contributed by atoms with Crippen LogP contribution in [0.2, 0.25) is 0 Å². The molecule has 144 valence electrons. The molecule has 7 nitrogen and oxygen atoms in total. The first kappa shape index (κ1) is 19.5. The number of hydrogen-bond acceptors (Lipinski definition) is 5. The summed E-state index contributed by atoms with van der Waals surface area (Å²) in [5, 5.41) is 5.04. The lowest BCUT2D eigenvalue weighted by atomic mass is 10.1. The highest BCUT2D eigenvalue weighted by Gasteiger charge is 2.16. The molecule has 8 heteroatoms. The maximum Gasteiger partial charge on any atom is 0.290 e.